The topological polar surface area (TPSA) is 57.5 Å². The van der Waals surface area contributed by atoms with Crippen LogP contribution < -0.4 is 0 Å². The second-order valence-corrected chi connectivity index (χ2v) is 12.0. The summed E-state index contributed by atoms with van der Waals surface area (Å²) in [6.45, 7) is 9.60. The molecule has 170 valence electrons. The van der Waals surface area contributed by atoms with Crippen molar-refractivity contribution >= 4 is 5.78 Å². The number of aliphatic hydroxyl groups is 2. The Labute approximate surface area is 183 Å². The van der Waals surface area contributed by atoms with Crippen LogP contribution in [-0.2, 0) is 4.79 Å². The lowest BCUT2D eigenvalue weighted by Crippen LogP contribution is -2.54. The molecule has 0 amide bonds. The van der Waals surface area contributed by atoms with Gasteiger partial charge in [0.05, 0.1) is 6.10 Å². The SMILES string of the molecule is C[C@@H](CO)CCC[C@@H](C)C1=CC(=O)[C@@H]2[C@@H]3CC[C@H]4C[C@@H](O)CC[C@]4(C)[C@H]3CC[C@]12C. The summed E-state index contributed by atoms with van der Waals surface area (Å²) < 4.78 is 0. The van der Waals surface area contributed by atoms with E-state index in [1.54, 1.807) is 0 Å². The van der Waals surface area contributed by atoms with Gasteiger partial charge in [0.15, 0.2) is 5.78 Å². The largest absolute Gasteiger partial charge is 0.396 e. The smallest absolute Gasteiger partial charge is 0.159 e. The molecule has 4 aliphatic carbocycles. The average Bonchev–Trinajstić information content (AvgIpc) is 2.99. The average molecular weight is 417 g/mol. The van der Waals surface area contributed by atoms with Crippen LogP contribution in [0.25, 0.3) is 0 Å². The van der Waals surface area contributed by atoms with E-state index in [4.69, 9.17) is 0 Å². The Morgan fingerprint density at radius 1 is 1.10 bits per heavy atom. The Morgan fingerprint density at radius 2 is 1.87 bits per heavy atom. The Balaban J connectivity index is 1.50. The van der Waals surface area contributed by atoms with Gasteiger partial charge in [-0.2, -0.15) is 0 Å². The number of carbonyl (C=O) groups is 1. The van der Waals surface area contributed by atoms with E-state index in [9.17, 15) is 15.0 Å². The summed E-state index contributed by atoms with van der Waals surface area (Å²) in [5, 5.41) is 19.5. The lowest BCUT2D eigenvalue weighted by Gasteiger charge is -2.60. The maximum absolute atomic E-state index is 13.4. The van der Waals surface area contributed by atoms with Gasteiger partial charge in [-0.05, 0) is 104 Å². The molecule has 0 aliphatic heterocycles. The molecular weight excluding hydrogens is 372 g/mol. The van der Waals surface area contributed by atoms with Gasteiger partial charge in [-0.1, -0.05) is 39.7 Å². The third-order valence-corrected chi connectivity index (χ3v) is 10.2. The van der Waals surface area contributed by atoms with Crippen LogP contribution in [-0.4, -0.2) is 28.7 Å². The zero-order valence-electron chi connectivity index (χ0n) is 19.7. The summed E-state index contributed by atoms with van der Waals surface area (Å²) in [6, 6.07) is 0. The van der Waals surface area contributed by atoms with Crippen molar-refractivity contribution in [3.8, 4) is 0 Å². The lowest BCUT2D eigenvalue weighted by molar-refractivity contribution is -0.142. The van der Waals surface area contributed by atoms with Gasteiger partial charge < -0.3 is 10.2 Å². The van der Waals surface area contributed by atoms with Crippen LogP contribution in [0.5, 0.6) is 0 Å². The molecule has 3 fully saturated rings. The normalized spacial score (nSPS) is 45.2. The van der Waals surface area contributed by atoms with Crippen molar-refractivity contribution in [1.82, 2.24) is 0 Å². The first-order valence-corrected chi connectivity index (χ1v) is 12.8. The van der Waals surface area contributed by atoms with Gasteiger partial charge >= 0.3 is 0 Å². The Kier molecular flexibility index (Phi) is 6.27. The molecule has 4 rings (SSSR count). The maximum atomic E-state index is 13.4. The van der Waals surface area contributed by atoms with Gasteiger partial charge in [-0.25, -0.2) is 0 Å². The molecule has 3 nitrogen and oxygen atoms in total. The third kappa shape index (κ3) is 3.62. The quantitative estimate of drug-likeness (QED) is 0.598. The molecule has 9 atom stereocenters. The first-order valence-electron chi connectivity index (χ1n) is 12.8. The fourth-order valence-corrected chi connectivity index (χ4v) is 8.42. The molecule has 0 aromatic rings. The number of ketones is 1. The van der Waals surface area contributed by atoms with E-state index in [-0.39, 0.29) is 24.0 Å². The molecule has 0 aromatic heterocycles. The molecule has 0 unspecified atom stereocenters. The van der Waals surface area contributed by atoms with Crippen molar-refractivity contribution in [3.05, 3.63) is 11.6 Å². The first-order chi connectivity index (χ1) is 14.2. The molecule has 3 saturated carbocycles. The molecule has 0 spiro atoms. The molecule has 0 heterocycles. The summed E-state index contributed by atoms with van der Waals surface area (Å²) >= 11 is 0. The van der Waals surface area contributed by atoms with Crippen molar-refractivity contribution in [3.63, 3.8) is 0 Å². The third-order valence-electron chi connectivity index (χ3n) is 10.2. The second kappa shape index (κ2) is 8.35. The summed E-state index contributed by atoms with van der Waals surface area (Å²) in [5.74, 6) is 3.26. The number of hydrogen-bond acceptors (Lipinski definition) is 3. The van der Waals surface area contributed by atoms with E-state index >= 15 is 0 Å². The van der Waals surface area contributed by atoms with Gasteiger partial charge in [0.1, 0.15) is 0 Å². The number of fused-ring (bicyclic) bond motifs is 5. The van der Waals surface area contributed by atoms with Gasteiger partial charge in [0, 0.05) is 12.5 Å². The highest BCUT2D eigenvalue weighted by atomic mass is 16.3. The highest BCUT2D eigenvalue weighted by Gasteiger charge is 2.61. The monoisotopic (exact) mass is 416 g/mol. The number of hydrogen-bond donors (Lipinski definition) is 2. The van der Waals surface area contributed by atoms with Crippen LogP contribution in [0.1, 0.15) is 91.9 Å². The van der Waals surface area contributed by atoms with Crippen molar-refractivity contribution < 1.29 is 15.0 Å². The highest BCUT2D eigenvalue weighted by molar-refractivity contribution is 5.97. The van der Waals surface area contributed by atoms with E-state index in [1.165, 1.54) is 24.8 Å². The Hall–Kier alpha value is -0.670. The van der Waals surface area contributed by atoms with Crippen LogP contribution in [0.3, 0.4) is 0 Å². The summed E-state index contributed by atoms with van der Waals surface area (Å²) in [7, 11) is 0. The number of aliphatic hydroxyl groups excluding tert-OH is 2. The minimum absolute atomic E-state index is 0.0532. The molecule has 0 radical (unpaired) electrons. The molecule has 3 heteroatoms. The van der Waals surface area contributed by atoms with Crippen LogP contribution in [0.2, 0.25) is 0 Å². The first kappa shape index (κ1) is 22.5. The zero-order valence-corrected chi connectivity index (χ0v) is 19.7. The van der Waals surface area contributed by atoms with Crippen molar-refractivity contribution in [2.75, 3.05) is 6.61 Å². The van der Waals surface area contributed by atoms with E-state index in [2.05, 4.69) is 33.8 Å². The minimum atomic E-state index is -0.107. The number of allylic oxidation sites excluding steroid dienone is 2. The molecule has 4 aliphatic rings. The second-order valence-electron chi connectivity index (χ2n) is 12.0. The van der Waals surface area contributed by atoms with E-state index in [1.807, 2.05) is 0 Å². The van der Waals surface area contributed by atoms with Gasteiger partial charge in [-0.15, -0.1) is 0 Å². The van der Waals surface area contributed by atoms with Crippen LogP contribution in [0, 0.1) is 46.3 Å². The standard InChI is InChI=1S/C27H44O3/c1-17(16-28)6-5-7-18(2)23-15-24(30)25-21-9-8-19-14-20(29)10-12-26(19,3)22(21)11-13-27(23,25)4/h15,17-22,25,28-29H,5-14,16H2,1-4H3/t17-,18-,19+,20+,21-,22+,25+,26+,27-/m1/s1. The number of carbonyl (C=O) groups excluding carboxylic acids is 1. The molecule has 2 N–H and O–H groups in total. The van der Waals surface area contributed by atoms with Crippen LogP contribution >= 0.6 is 0 Å². The minimum Gasteiger partial charge on any atom is -0.396 e. The van der Waals surface area contributed by atoms with E-state index < -0.39 is 0 Å². The van der Waals surface area contributed by atoms with Crippen molar-refractivity contribution in [1.29, 1.82) is 0 Å². The lowest BCUT2D eigenvalue weighted by atomic mass is 9.44. The van der Waals surface area contributed by atoms with Gasteiger partial charge in [0.2, 0.25) is 0 Å². The van der Waals surface area contributed by atoms with Gasteiger partial charge in [-0.3, -0.25) is 4.79 Å². The predicted molar refractivity (Wildman–Crippen MR) is 121 cm³/mol. The predicted octanol–water partition coefficient (Wildman–Crippen LogP) is 5.54. The number of rotatable bonds is 6. The molecule has 0 aromatic carbocycles. The summed E-state index contributed by atoms with van der Waals surface area (Å²) in [5.41, 5.74) is 1.80. The summed E-state index contributed by atoms with van der Waals surface area (Å²) in [4.78, 5) is 13.4. The summed E-state index contributed by atoms with van der Waals surface area (Å²) in [6.07, 6.45) is 13.1. The van der Waals surface area contributed by atoms with Crippen LogP contribution in [0.15, 0.2) is 11.6 Å². The molecule has 0 bridgehead atoms. The van der Waals surface area contributed by atoms with Gasteiger partial charge in [0.25, 0.3) is 0 Å². The van der Waals surface area contributed by atoms with Crippen molar-refractivity contribution in [2.45, 2.75) is 98.0 Å². The highest BCUT2D eigenvalue weighted by Crippen LogP contribution is 2.66. The molecular formula is C27H44O3. The fraction of sp³-hybridized carbons (Fsp3) is 0.889. The van der Waals surface area contributed by atoms with E-state index in [0.717, 1.165) is 44.9 Å². The van der Waals surface area contributed by atoms with E-state index in [0.29, 0.717) is 40.8 Å². The molecule has 30 heavy (non-hydrogen) atoms. The fourth-order valence-electron chi connectivity index (χ4n) is 8.42. The molecule has 0 saturated heterocycles. The Morgan fingerprint density at radius 3 is 2.60 bits per heavy atom. The maximum Gasteiger partial charge on any atom is 0.159 e. The van der Waals surface area contributed by atoms with Crippen molar-refractivity contribution in [2.24, 2.45) is 46.3 Å². The Bertz CT molecular complexity index is 684. The van der Waals surface area contributed by atoms with Crippen LogP contribution in [0.4, 0.5) is 0 Å². The zero-order chi connectivity index (χ0) is 21.7.